The van der Waals surface area contributed by atoms with E-state index in [0.29, 0.717) is 5.69 Å². The summed E-state index contributed by atoms with van der Waals surface area (Å²) in [5.41, 5.74) is 8.99. The van der Waals surface area contributed by atoms with Crippen LogP contribution in [0.3, 0.4) is 0 Å². The fourth-order valence-corrected chi connectivity index (χ4v) is 4.02. The highest BCUT2D eigenvalue weighted by Gasteiger charge is 2.37. The minimum absolute atomic E-state index is 0.109. The molecule has 1 aromatic heterocycles. The molecule has 3 heteroatoms. The fourth-order valence-electron chi connectivity index (χ4n) is 4.02. The smallest absolute Gasteiger partial charge is 0.124 e. The van der Waals surface area contributed by atoms with Crippen LogP contribution in [0.1, 0.15) is 81.0 Å². The molecule has 144 valence electrons. The molecule has 0 amide bonds. The molecule has 0 saturated heterocycles. The van der Waals surface area contributed by atoms with E-state index in [2.05, 4.69) is 69.6 Å². The highest BCUT2D eigenvalue weighted by atomic mass is 17.1. The zero-order chi connectivity index (χ0) is 19.8. The number of aromatic nitrogens is 1. The van der Waals surface area contributed by atoms with E-state index in [1.807, 2.05) is 18.3 Å². The lowest BCUT2D eigenvalue weighted by atomic mass is 9.62. The second kappa shape index (κ2) is 7.21. The van der Waals surface area contributed by atoms with Crippen LogP contribution in [0.15, 0.2) is 30.5 Å². The second-order valence-electron chi connectivity index (χ2n) is 9.16. The van der Waals surface area contributed by atoms with Gasteiger partial charge in [0.25, 0.3) is 0 Å². The summed E-state index contributed by atoms with van der Waals surface area (Å²) < 4.78 is 0. The first-order chi connectivity index (χ1) is 12.6. The Kier molecular flexibility index (Phi) is 5.29. The summed E-state index contributed by atoms with van der Waals surface area (Å²) in [6.45, 7) is 13.9. The first-order valence-electron chi connectivity index (χ1n) is 9.70. The fraction of sp³-hybridized carbons (Fsp3) is 0.458. The summed E-state index contributed by atoms with van der Waals surface area (Å²) in [4.78, 5) is 8.49. The quantitative estimate of drug-likeness (QED) is 0.511. The van der Waals surface area contributed by atoms with Crippen molar-refractivity contribution >= 4 is 11.6 Å². The normalized spacial score (nSPS) is 18.3. The van der Waals surface area contributed by atoms with Crippen LogP contribution in [0.2, 0.25) is 0 Å². The van der Waals surface area contributed by atoms with Crippen LogP contribution in [0, 0.1) is 6.92 Å². The van der Waals surface area contributed by atoms with E-state index < -0.39 is 0 Å². The van der Waals surface area contributed by atoms with Gasteiger partial charge in [0.15, 0.2) is 0 Å². The molecular formula is C24H31NO2. The first-order valence-corrected chi connectivity index (χ1v) is 9.70. The molecule has 0 bridgehead atoms. The molecule has 1 heterocycles. The van der Waals surface area contributed by atoms with Crippen LogP contribution in [0.25, 0.3) is 11.6 Å². The Morgan fingerprint density at radius 2 is 1.74 bits per heavy atom. The SMILES string of the molecule is CC(=Cc1cc2c(cc1C)C(C)(C)CCC2(C)C)c1ccc(COO)nc1. The van der Waals surface area contributed by atoms with E-state index >= 15 is 0 Å². The van der Waals surface area contributed by atoms with E-state index in [0.717, 1.165) is 5.56 Å². The summed E-state index contributed by atoms with van der Waals surface area (Å²) in [5.74, 6) is 0. The van der Waals surface area contributed by atoms with Gasteiger partial charge in [-0.1, -0.05) is 52.0 Å². The molecule has 0 radical (unpaired) electrons. The van der Waals surface area contributed by atoms with Gasteiger partial charge in [0.2, 0.25) is 0 Å². The van der Waals surface area contributed by atoms with Crippen LogP contribution in [0.5, 0.6) is 0 Å². The van der Waals surface area contributed by atoms with E-state index in [9.17, 15) is 0 Å². The zero-order valence-corrected chi connectivity index (χ0v) is 17.4. The molecule has 0 spiro atoms. The molecule has 1 aliphatic carbocycles. The third-order valence-corrected chi connectivity index (χ3v) is 6.10. The third-order valence-electron chi connectivity index (χ3n) is 6.10. The third kappa shape index (κ3) is 3.99. The summed E-state index contributed by atoms with van der Waals surface area (Å²) in [6, 6.07) is 8.70. The standard InChI is InChI=1S/C24H31NO2/c1-16(18-7-8-20(15-27-26)25-14-18)11-19-13-22-21(12-17(19)2)23(3,4)9-10-24(22,5)6/h7-8,11-14,26H,9-10,15H2,1-6H3. The van der Waals surface area contributed by atoms with Crippen molar-refractivity contribution < 1.29 is 10.1 Å². The second-order valence-corrected chi connectivity index (χ2v) is 9.16. The molecule has 1 aromatic carbocycles. The van der Waals surface area contributed by atoms with Gasteiger partial charge in [-0.2, -0.15) is 0 Å². The molecule has 1 N–H and O–H groups in total. The molecule has 2 aromatic rings. The molecule has 0 atom stereocenters. The topological polar surface area (TPSA) is 42.4 Å². The van der Waals surface area contributed by atoms with E-state index in [1.165, 1.54) is 40.7 Å². The Bertz CT molecular complexity index is 861. The predicted octanol–water partition coefficient (Wildman–Crippen LogP) is 6.29. The Hall–Kier alpha value is -1.97. The minimum Gasteiger partial charge on any atom is -0.258 e. The van der Waals surface area contributed by atoms with E-state index in [1.54, 1.807) is 0 Å². The molecule has 0 saturated carbocycles. The highest BCUT2D eigenvalue weighted by molar-refractivity contribution is 5.81. The van der Waals surface area contributed by atoms with Crippen molar-refractivity contribution in [2.75, 3.05) is 0 Å². The lowest BCUT2D eigenvalue weighted by Gasteiger charge is -2.42. The van der Waals surface area contributed by atoms with E-state index in [-0.39, 0.29) is 17.4 Å². The van der Waals surface area contributed by atoms with Gasteiger partial charge in [-0.15, -0.1) is 0 Å². The van der Waals surface area contributed by atoms with Crippen molar-refractivity contribution in [3.05, 3.63) is 64.0 Å². The number of hydrogen-bond donors (Lipinski definition) is 1. The number of nitrogens with zero attached hydrogens (tertiary/aromatic N) is 1. The molecular weight excluding hydrogens is 334 g/mol. The number of rotatable bonds is 4. The number of benzene rings is 1. The van der Waals surface area contributed by atoms with Gasteiger partial charge >= 0.3 is 0 Å². The Balaban J connectivity index is 2.01. The van der Waals surface area contributed by atoms with Gasteiger partial charge in [-0.3, -0.25) is 10.2 Å². The molecule has 1 aliphatic rings. The van der Waals surface area contributed by atoms with Crippen molar-refractivity contribution in [1.29, 1.82) is 0 Å². The Morgan fingerprint density at radius 1 is 1.11 bits per heavy atom. The number of allylic oxidation sites excluding steroid dienone is 1. The maximum atomic E-state index is 8.55. The summed E-state index contributed by atoms with van der Waals surface area (Å²) in [6.07, 6.45) is 6.54. The number of pyridine rings is 1. The minimum atomic E-state index is 0.109. The van der Waals surface area contributed by atoms with Gasteiger partial charge in [0.05, 0.1) is 5.69 Å². The van der Waals surface area contributed by atoms with Crippen molar-refractivity contribution in [2.45, 2.75) is 71.8 Å². The lowest BCUT2D eigenvalue weighted by molar-refractivity contribution is -0.253. The van der Waals surface area contributed by atoms with Gasteiger partial charge in [0.1, 0.15) is 6.61 Å². The average Bonchev–Trinajstić information content (AvgIpc) is 2.61. The Labute approximate surface area is 163 Å². The lowest BCUT2D eigenvalue weighted by Crippen LogP contribution is -2.34. The van der Waals surface area contributed by atoms with Gasteiger partial charge in [0, 0.05) is 6.20 Å². The monoisotopic (exact) mass is 365 g/mol. The van der Waals surface area contributed by atoms with Crippen LogP contribution < -0.4 is 0 Å². The molecule has 0 unspecified atom stereocenters. The van der Waals surface area contributed by atoms with Crippen molar-refractivity contribution in [3.8, 4) is 0 Å². The van der Waals surface area contributed by atoms with Crippen LogP contribution in [0.4, 0.5) is 0 Å². The van der Waals surface area contributed by atoms with Crippen molar-refractivity contribution in [2.24, 2.45) is 0 Å². The largest absolute Gasteiger partial charge is 0.258 e. The maximum absolute atomic E-state index is 8.55. The Morgan fingerprint density at radius 3 is 2.30 bits per heavy atom. The van der Waals surface area contributed by atoms with Crippen LogP contribution in [-0.2, 0) is 22.3 Å². The molecule has 0 fully saturated rings. The summed E-state index contributed by atoms with van der Waals surface area (Å²) >= 11 is 0. The van der Waals surface area contributed by atoms with Gasteiger partial charge in [-0.05, 0) is 77.0 Å². The predicted molar refractivity (Wildman–Crippen MR) is 112 cm³/mol. The summed E-state index contributed by atoms with van der Waals surface area (Å²) in [5, 5.41) is 8.55. The highest BCUT2D eigenvalue weighted by Crippen LogP contribution is 2.46. The molecule has 3 rings (SSSR count). The summed E-state index contributed by atoms with van der Waals surface area (Å²) in [7, 11) is 0. The van der Waals surface area contributed by atoms with Gasteiger partial charge in [-0.25, -0.2) is 4.89 Å². The van der Waals surface area contributed by atoms with Crippen molar-refractivity contribution in [1.82, 2.24) is 4.98 Å². The van der Waals surface area contributed by atoms with Crippen LogP contribution >= 0.6 is 0 Å². The first kappa shape index (κ1) is 19.8. The number of fused-ring (bicyclic) bond motifs is 1. The average molecular weight is 366 g/mol. The number of aryl methyl sites for hydroxylation is 1. The van der Waals surface area contributed by atoms with Gasteiger partial charge < -0.3 is 0 Å². The molecule has 0 aliphatic heterocycles. The maximum Gasteiger partial charge on any atom is 0.124 e. The molecule has 3 nitrogen and oxygen atoms in total. The van der Waals surface area contributed by atoms with E-state index in [4.69, 9.17) is 5.26 Å². The zero-order valence-electron chi connectivity index (χ0n) is 17.4. The van der Waals surface area contributed by atoms with Crippen molar-refractivity contribution in [3.63, 3.8) is 0 Å². The number of hydrogen-bond acceptors (Lipinski definition) is 3. The molecule has 27 heavy (non-hydrogen) atoms. The van der Waals surface area contributed by atoms with Crippen LogP contribution in [-0.4, -0.2) is 10.2 Å².